The molecule has 0 atom stereocenters. The summed E-state index contributed by atoms with van der Waals surface area (Å²) in [5, 5.41) is 4.26. The number of carbonyl (C=O) groups excluding carboxylic acids is 1. The van der Waals surface area contributed by atoms with Gasteiger partial charge in [0.15, 0.2) is 0 Å². The maximum atomic E-state index is 11.9. The third-order valence-corrected chi connectivity index (χ3v) is 4.22. The van der Waals surface area contributed by atoms with Gasteiger partial charge in [-0.05, 0) is 52.7 Å². The lowest BCUT2D eigenvalue weighted by Crippen LogP contribution is -2.14. The van der Waals surface area contributed by atoms with Crippen LogP contribution in [-0.4, -0.2) is 16.6 Å². The smallest absolute Gasteiger partial charge is 0.234 e. The van der Waals surface area contributed by atoms with Crippen LogP contribution < -0.4 is 5.32 Å². The minimum Gasteiger partial charge on any atom is -0.325 e. The van der Waals surface area contributed by atoms with Gasteiger partial charge in [-0.1, -0.05) is 29.4 Å². The molecule has 2 aromatic rings. The lowest BCUT2D eigenvalue weighted by molar-refractivity contribution is -0.113. The van der Waals surface area contributed by atoms with Gasteiger partial charge in [0.1, 0.15) is 0 Å². The van der Waals surface area contributed by atoms with Crippen molar-refractivity contribution in [1.82, 2.24) is 4.98 Å². The molecule has 1 N–H and O–H groups in total. The largest absolute Gasteiger partial charge is 0.325 e. The Labute approximate surface area is 135 Å². The molecule has 1 aromatic carbocycles. The van der Waals surface area contributed by atoms with E-state index in [1.54, 1.807) is 30.5 Å². The summed E-state index contributed by atoms with van der Waals surface area (Å²) in [5.74, 6) is 0.225. The fourth-order valence-corrected chi connectivity index (χ4v) is 2.97. The SMILES string of the molecule is Cc1cc(Br)cnc1SCC(=O)Nc1cccc(Cl)c1. The highest BCUT2D eigenvalue weighted by atomic mass is 79.9. The second kappa shape index (κ2) is 7.11. The summed E-state index contributed by atoms with van der Waals surface area (Å²) in [6.45, 7) is 1.97. The Morgan fingerprint density at radius 2 is 2.25 bits per heavy atom. The molecule has 6 heteroatoms. The Hall–Kier alpha value is -1.04. The summed E-state index contributed by atoms with van der Waals surface area (Å²) < 4.78 is 0.933. The van der Waals surface area contributed by atoms with Crippen LogP contribution in [0, 0.1) is 6.92 Å². The Balaban J connectivity index is 1.92. The van der Waals surface area contributed by atoms with Crippen LogP contribution in [0.15, 0.2) is 46.0 Å². The number of carbonyl (C=O) groups is 1. The molecule has 1 aromatic heterocycles. The molecule has 0 saturated carbocycles. The zero-order valence-corrected chi connectivity index (χ0v) is 13.8. The van der Waals surface area contributed by atoms with Crippen molar-refractivity contribution in [2.24, 2.45) is 0 Å². The number of pyridine rings is 1. The number of aromatic nitrogens is 1. The number of hydrogen-bond donors (Lipinski definition) is 1. The first kappa shape index (κ1) is 15.4. The second-order valence-corrected chi connectivity index (χ2v) is 6.44. The quantitative estimate of drug-likeness (QED) is 0.802. The zero-order chi connectivity index (χ0) is 14.5. The molecule has 0 aliphatic carbocycles. The molecule has 0 aliphatic rings. The van der Waals surface area contributed by atoms with Gasteiger partial charge in [-0.25, -0.2) is 4.98 Å². The molecular formula is C14H12BrClN2OS. The van der Waals surface area contributed by atoms with Gasteiger partial charge in [0.2, 0.25) is 5.91 Å². The average Bonchev–Trinajstić information content (AvgIpc) is 2.37. The number of halogens is 2. The molecular weight excluding hydrogens is 360 g/mol. The molecule has 0 saturated heterocycles. The highest BCUT2D eigenvalue weighted by Gasteiger charge is 2.07. The zero-order valence-electron chi connectivity index (χ0n) is 10.7. The maximum absolute atomic E-state index is 11.9. The summed E-state index contributed by atoms with van der Waals surface area (Å²) in [6.07, 6.45) is 1.73. The lowest BCUT2D eigenvalue weighted by atomic mass is 10.3. The predicted octanol–water partition coefficient (Wildman–Crippen LogP) is 4.54. The molecule has 20 heavy (non-hydrogen) atoms. The number of anilines is 1. The van der Waals surface area contributed by atoms with E-state index in [-0.39, 0.29) is 5.91 Å². The predicted molar refractivity (Wildman–Crippen MR) is 87.5 cm³/mol. The normalized spacial score (nSPS) is 10.3. The molecule has 1 amide bonds. The van der Waals surface area contributed by atoms with Gasteiger partial charge in [0.25, 0.3) is 0 Å². The fraction of sp³-hybridized carbons (Fsp3) is 0.143. The monoisotopic (exact) mass is 370 g/mol. The molecule has 0 bridgehead atoms. The van der Waals surface area contributed by atoms with E-state index in [4.69, 9.17) is 11.6 Å². The Kier molecular flexibility index (Phi) is 5.46. The van der Waals surface area contributed by atoms with E-state index in [1.807, 2.05) is 13.0 Å². The number of nitrogens with zero attached hydrogens (tertiary/aromatic N) is 1. The van der Waals surface area contributed by atoms with Crippen molar-refractivity contribution in [1.29, 1.82) is 0 Å². The Bertz CT molecular complexity index is 636. The first-order chi connectivity index (χ1) is 9.54. The van der Waals surface area contributed by atoms with Crippen molar-refractivity contribution in [3.63, 3.8) is 0 Å². The van der Waals surface area contributed by atoms with Crippen LogP contribution in [0.5, 0.6) is 0 Å². The molecule has 0 spiro atoms. The van der Waals surface area contributed by atoms with E-state index in [0.29, 0.717) is 16.5 Å². The summed E-state index contributed by atoms with van der Waals surface area (Å²) in [4.78, 5) is 16.1. The van der Waals surface area contributed by atoms with Crippen molar-refractivity contribution < 1.29 is 4.79 Å². The third kappa shape index (κ3) is 4.51. The summed E-state index contributed by atoms with van der Waals surface area (Å²) >= 11 is 10.6. The van der Waals surface area contributed by atoms with E-state index in [0.717, 1.165) is 15.1 Å². The van der Waals surface area contributed by atoms with Gasteiger partial charge >= 0.3 is 0 Å². The van der Waals surface area contributed by atoms with Gasteiger partial charge in [0.05, 0.1) is 10.8 Å². The van der Waals surface area contributed by atoms with Gasteiger partial charge < -0.3 is 5.32 Å². The topological polar surface area (TPSA) is 42.0 Å². The first-order valence-electron chi connectivity index (χ1n) is 5.85. The van der Waals surface area contributed by atoms with Crippen molar-refractivity contribution >= 4 is 50.9 Å². The van der Waals surface area contributed by atoms with Crippen LogP contribution in [0.2, 0.25) is 5.02 Å². The number of thioether (sulfide) groups is 1. The molecule has 0 unspecified atom stereocenters. The Morgan fingerprint density at radius 3 is 2.95 bits per heavy atom. The van der Waals surface area contributed by atoms with Crippen molar-refractivity contribution in [3.8, 4) is 0 Å². The van der Waals surface area contributed by atoms with E-state index >= 15 is 0 Å². The molecule has 0 aliphatic heterocycles. The van der Waals surface area contributed by atoms with E-state index in [1.165, 1.54) is 11.8 Å². The van der Waals surface area contributed by atoms with Gasteiger partial charge in [-0.3, -0.25) is 4.79 Å². The number of amides is 1. The number of hydrogen-bond acceptors (Lipinski definition) is 3. The summed E-state index contributed by atoms with van der Waals surface area (Å²) in [5.41, 5.74) is 1.74. The molecule has 104 valence electrons. The van der Waals surface area contributed by atoms with Crippen molar-refractivity contribution in [2.75, 3.05) is 11.1 Å². The van der Waals surface area contributed by atoms with Crippen molar-refractivity contribution in [3.05, 3.63) is 51.6 Å². The highest BCUT2D eigenvalue weighted by Crippen LogP contribution is 2.23. The number of benzene rings is 1. The van der Waals surface area contributed by atoms with Crippen LogP contribution in [0.4, 0.5) is 5.69 Å². The molecule has 0 fully saturated rings. The molecule has 2 rings (SSSR count). The standard InChI is InChI=1S/C14H12BrClN2OS/c1-9-5-10(15)7-17-14(9)20-8-13(19)18-12-4-2-3-11(16)6-12/h2-7H,8H2,1H3,(H,18,19). The van der Waals surface area contributed by atoms with Crippen LogP contribution in [0.25, 0.3) is 0 Å². The van der Waals surface area contributed by atoms with E-state index < -0.39 is 0 Å². The van der Waals surface area contributed by atoms with Crippen LogP contribution >= 0.6 is 39.3 Å². The molecule has 3 nitrogen and oxygen atoms in total. The maximum Gasteiger partial charge on any atom is 0.234 e. The fourth-order valence-electron chi connectivity index (χ4n) is 1.58. The van der Waals surface area contributed by atoms with Gasteiger partial charge in [0, 0.05) is 21.4 Å². The minimum atomic E-state index is -0.0821. The molecule has 0 radical (unpaired) electrons. The van der Waals surface area contributed by atoms with Crippen LogP contribution in [-0.2, 0) is 4.79 Å². The van der Waals surface area contributed by atoms with Crippen molar-refractivity contribution in [2.45, 2.75) is 11.9 Å². The third-order valence-electron chi connectivity index (χ3n) is 2.45. The molecule has 1 heterocycles. The second-order valence-electron chi connectivity index (χ2n) is 4.12. The number of nitrogens with one attached hydrogen (secondary N) is 1. The number of aryl methyl sites for hydroxylation is 1. The van der Waals surface area contributed by atoms with E-state index in [9.17, 15) is 4.79 Å². The van der Waals surface area contributed by atoms with Gasteiger partial charge in [-0.2, -0.15) is 0 Å². The van der Waals surface area contributed by atoms with Crippen LogP contribution in [0.1, 0.15) is 5.56 Å². The lowest BCUT2D eigenvalue weighted by Gasteiger charge is -2.07. The Morgan fingerprint density at radius 1 is 1.45 bits per heavy atom. The van der Waals surface area contributed by atoms with E-state index in [2.05, 4.69) is 26.2 Å². The first-order valence-corrected chi connectivity index (χ1v) is 8.00. The summed E-state index contributed by atoms with van der Waals surface area (Å²) in [7, 11) is 0. The average molecular weight is 372 g/mol. The number of rotatable bonds is 4. The van der Waals surface area contributed by atoms with Crippen LogP contribution in [0.3, 0.4) is 0 Å². The minimum absolute atomic E-state index is 0.0821. The van der Waals surface area contributed by atoms with Gasteiger partial charge in [-0.15, -0.1) is 0 Å². The summed E-state index contributed by atoms with van der Waals surface area (Å²) in [6, 6.07) is 9.06. The highest BCUT2D eigenvalue weighted by molar-refractivity contribution is 9.10.